The smallest absolute Gasteiger partial charge is 0.326 e. The lowest BCUT2D eigenvalue weighted by Crippen LogP contribution is -2.29. The van der Waals surface area contributed by atoms with Crippen LogP contribution in [0.1, 0.15) is 0 Å². The largest absolute Gasteiger partial charge is 0.496 e. The average Bonchev–Trinajstić information content (AvgIpc) is 2.92. The van der Waals surface area contributed by atoms with E-state index >= 15 is 0 Å². The summed E-state index contributed by atoms with van der Waals surface area (Å²) in [6.45, 7) is -0.264. The number of ether oxygens (including phenoxy) is 3. The number of nitrogens with one attached hydrogen (secondary N) is 1. The van der Waals surface area contributed by atoms with Gasteiger partial charge in [0.1, 0.15) is 12.3 Å². The number of carbonyl (C=O) groups excluding carboxylic acids is 1. The fourth-order valence-electron chi connectivity index (χ4n) is 2.76. The van der Waals surface area contributed by atoms with Crippen molar-refractivity contribution in [1.82, 2.24) is 4.72 Å². The molecule has 3 rings (SSSR count). The van der Waals surface area contributed by atoms with Crippen LogP contribution in [-0.2, 0) is 15.0 Å². The Kier molecular flexibility index (Phi) is 4.64. The molecule has 8 nitrogen and oxygen atoms in total. The summed E-state index contributed by atoms with van der Waals surface area (Å²) in [5.41, 5.74) is 1.76. The number of hydrogen-bond donors (Lipinski definition) is 1. The fraction of sp³-hybridized carbons (Fsp3) is 0.235. The predicted molar refractivity (Wildman–Crippen MR) is 95.9 cm³/mol. The third-order valence-electron chi connectivity index (χ3n) is 3.99. The van der Waals surface area contributed by atoms with E-state index in [-0.39, 0.29) is 6.54 Å². The predicted octanol–water partition coefficient (Wildman–Crippen LogP) is 1.56. The second-order valence-electron chi connectivity index (χ2n) is 5.49. The van der Waals surface area contributed by atoms with E-state index in [4.69, 9.17) is 14.2 Å². The first kappa shape index (κ1) is 17.9. The van der Waals surface area contributed by atoms with Crippen LogP contribution in [0.15, 0.2) is 36.4 Å². The van der Waals surface area contributed by atoms with E-state index in [1.54, 1.807) is 37.4 Å². The summed E-state index contributed by atoms with van der Waals surface area (Å²) in [7, 11) is 0.715. The summed E-state index contributed by atoms with van der Waals surface area (Å²) < 4.78 is 43.1. The Labute approximate surface area is 151 Å². The van der Waals surface area contributed by atoms with Gasteiger partial charge in [0.2, 0.25) is 0 Å². The number of methoxy groups -OCH3 is 3. The van der Waals surface area contributed by atoms with E-state index < -0.39 is 16.1 Å². The maximum Gasteiger partial charge on any atom is 0.326 e. The van der Waals surface area contributed by atoms with Crippen molar-refractivity contribution in [3.8, 4) is 28.4 Å². The van der Waals surface area contributed by atoms with Gasteiger partial charge in [-0.05, 0) is 35.9 Å². The number of amides is 1. The van der Waals surface area contributed by atoms with Crippen molar-refractivity contribution in [3.05, 3.63) is 36.4 Å². The van der Waals surface area contributed by atoms with Crippen molar-refractivity contribution in [1.29, 1.82) is 0 Å². The van der Waals surface area contributed by atoms with Gasteiger partial charge in [-0.3, -0.25) is 4.79 Å². The maximum absolute atomic E-state index is 12.1. The summed E-state index contributed by atoms with van der Waals surface area (Å²) in [4.78, 5) is 11.5. The molecule has 1 N–H and O–H groups in total. The zero-order valence-corrected chi connectivity index (χ0v) is 15.3. The van der Waals surface area contributed by atoms with Crippen molar-refractivity contribution in [2.75, 3.05) is 32.2 Å². The molecule has 0 aromatic heterocycles. The van der Waals surface area contributed by atoms with Crippen molar-refractivity contribution < 1.29 is 27.4 Å². The molecule has 1 aliphatic heterocycles. The fourth-order valence-corrected chi connectivity index (χ4v) is 3.90. The highest BCUT2D eigenvalue weighted by molar-refractivity contribution is 7.92. The third kappa shape index (κ3) is 3.13. The Bertz CT molecular complexity index is 958. The van der Waals surface area contributed by atoms with Crippen LogP contribution in [0.4, 0.5) is 5.69 Å². The number of rotatable bonds is 5. The van der Waals surface area contributed by atoms with Gasteiger partial charge in [0, 0.05) is 5.56 Å². The van der Waals surface area contributed by atoms with Gasteiger partial charge in [-0.2, -0.15) is 8.42 Å². The summed E-state index contributed by atoms with van der Waals surface area (Å²) >= 11 is 0. The van der Waals surface area contributed by atoms with E-state index in [0.717, 1.165) is 9.87 Å². The molecule has 9 heteroatoms. The monoisotopic (exact) mass is 378 g/mol. The van der Waals surface area contributed by atoms with Gasteiger partial charge in [0.15, 0.2) is 11.5 Å². The lowest BCUT2D eigenvalue weighted by Gasteiger charge is -2.18. The molecule has 0 spiro atoms. The molecule has 26 heavy (non-hydrogen) atoms. The molecule has 0 saturated carbocycles. The molecule has 0 bridgehead atoms. The van der Waals surface area contributed by atoms with Crippen LogP contribution < -0.4 is 23.2 Å². The van der Waals surface area contributed by atoms with E-state index in [0.29, 0.717) is 28.5 Å². The minimum absolute atomic E-state index is 0.264. The standard InChI is InChI=1S/C17H18N2O6S/c1-23-14-7-5-12(19-10-17(20)18-26(19,21)22)9-13(14)11-4-6-15(24-2)16(8-11)25-3/h4-9H,10H2,1-3H3,(H,18,20). The third-order valence-corrected chi connectivity index (χ3v) is 5.39. The Morgan fingerprint density at radius 1 is 0.923 bits per heavy atom. The molecule has 2 aromatic carbocycles. The van der Waals surface area contributed by atoms with E-state index in [2.05, 4.69) is 0 Å². The van der Waals surface area contributed by atoms with E-state index in [1.807, 2.05) is 10.8 Å². The van der Waals surface area contributed by atoms with Gasteiger partial charge in [-0.1, -0.05) is 6.07 Å². The second kappa shape index (κ2) is 6.75. The zero-order valence-electron chi connectivity index (χ0n) is 14.5. The molecular weight excluding hydrogens is 360 g/mol. The highest BCUT2D eigenvalue weighted by Gasteiger charge is 2.34. The number of hydrogen-bond acceptors (Lipinski definition) is 6. The van der Waals surface area contributed by atoms with Gasteiger partial charge < -0.3 is 14.2 Å². The summed E-state index contributed by atoms with van der Waals surface area (Å²) in [6, 6.07) is 10.2. The minimum atomic E-state index is -3.88. The first-order valence-corrected chi connectivity index (χ1v) is 9.07. The number of benzene rings is 2. The second-order valence-corrected chi connectivity index (χ2v) is 7.09. The maximum atomic E-state index is 12.1. The molecule has 0 unspecified atom stereocenters. The zero-order chi connectivity index (χ0) is 18.9. The Morgan fingerprint density at radius 2 is 1.58 bits per heavy atom. The molecule has 1 saturated heterocycles. The Hall–Kier alpha value is -2.94. The quantitative estimate of drug-likeness (QED) is 0.849. The van der Waals surface area contributed by atoms with Gasteiger partial charge in [0.05, 0.1) is 27.0 Å². The number of anilines is 1. The highest BCUT2D eigenvalue weighted by atomic mass is 32.2. The highest BCUT2D eigenvalue weighted by Crippen LogP contribution is 2.38. The Morgan fingerprint density at radius 3 is 2.15 bits per heavy atom. The van der Waals surface area contributed by atoms with E-state index in [1.165, 1.54) is 14.2 Å². The van der Waals surface area contributed by atoms with E-state index in [9.17, 15) is 13.2 Å². The molecule has 2 aromatic rings. The van der Waals surface area contributed by atoms with Crippen LogP contribution in [0.2, 0.25) is 0 Å². The molecule has 1 heterocycles. The van der Waals surface area contributed by atoms with Crippen LogP contribution in [0.3, 0.4) is 0 Å². The number of carbonyl (C=O) groups is 1. The first-order valence-electron chi connectivity index (χ1n) is 7.63. The molecule has 1 fully saturated rings. The lowest BCUT2D eigenvalue weighted by molar-refractivity contribution is -0.117. The van der Waals surface area contributed by atoms with Crippen molar-refractivity contribution >= 4 is 21.8 Å². The normalized spacial score (nSPS) is 15.5. The topological polar surface area (TPSA) is 94.2 Å². The summed E-state index contributed by atoms with van der Waals surface area (Å²) in [5, 5.41) is 0. The van der Waals surface area contributed by atoms with Crippen LogP contribution >= 0.6 is 0 Å². The Balaban J connectivity index is 2.11. The van der Waals surface area contributed by atoms with Crippen LogP contribution in [-0.4, -0.2) is 42.2 Å². The van der Waals surface area contributed by atoms with Gasteiger partial charge in [-0.25, -0.2) is 9.03 Å². The summed E-state index contributed by atoms with van der Waals surface area (Å²) in [6.07, 6.45) is 0. The summed E-state index contributed by atoms with van der Waals surface area (Å²) in [5.74, 6) is 1.08. The van der Waals surface area contributed by atoms with Gasteiger partial charge in [0.25, 0.3) is 5.91 Å². The molecule has 0 radical (unpaired) electrons. The lowest BCUT2D eigenvalue weighted by atomic mass is 10.0. The average molecular weight is 378 g/mol. The van der Waals surface area contributed by atoms with Crippen LogP contribution in [0.5, 0.6) is 17.2 Å². The molecule has 0 aliphatic carbocycles. The van der Waals surface area contributed by atoms with Crippen LogP contribution in [0.25, 0.3) is 11.1 Å². The SMILES string of the molecule is COc1ccc(-c2cc(N3CC(=O)NS3(=O)=O)ccc2OC)cc1OC. The molecule has 0 atom stereocenters. The first-order chi connectivity index (χ1) is 12.4. The van der Waals surface area contributed by atoms with Gasteiger partial charge >= 0.3 is 10.2 Å². The van der Waals surface area contributed by atoms with Gasteiger partial charge in [-0.15, -0.1) is 0 Å². The van der Waals surface area contributed by atoms with Crippen molar-refractivity contribution in [2.45, 2.75) is 0 Å². The molecule has 138 valence electrons. The minimum Gasteiger partial charge on any atom is -0.496 e. The van der Waals surface area contributed by atoms with Crippen LogP contribution in [0, 0.1) is 0 Å². The number of nitrogens with zero attached hydrogens (tertiary/aromatic N) is 1. The molecule has 1 aliphatic rings. The van der Waals surface area contributed by atoms with Crippen molar-refractivity contribution in [3.63, 3.8) is 0 Å². The molecular formula is C17H18N2O6S. The van der Waals surface area contributed by atoms with Crippen molar-refractivity contribution in [2.24, 2.45) is 0 Å². The molecule has 1 amide bonds.